The number of rotatable bonds is 1. The fourth-order valence-corrected chi connectivity index (χ4v) is 0.112. The summed E-state index contributed by atoms with van der Waals surface area (Å²) >= 11 is 0. The summed E-state index contributed by atoms with van der Waals surface area (Å²) in [5, 5.41) is 22.6. The van der Waals surface area contributed by atoms with E-state index in [4.69, 9.17) is 24.7 Å². The molecule has 0 saturated heterocycles. The number of carboxylic acid groups (broad SMARTS) is 1. The van der Waals surface area contributed by atoms with Crippen LogP contribution >= 0.6 is 0 Å². The van der Waals surface area contributed by atoms with Gasteiger partial charge in [-0.25, -0.2) is 0 Å². The van der Waals surface area contributed by atoms with E-state index < -0.39 is 10.1 Å². The predicted octanol–water partition coefficient (Wildman–Crippen LogP) is -1.09. The molecule has 84 valence electrons. The molecule has 0 aliphatic carbocycles. The normalized spacial score (nSPS) is 7.64. The Balaban J connectivity index is -0.000000138. The van der Waals surface area contributed by atoms with Gasteiger partial charge < -0.3 is 15.3 Å². The van der Waals surface area contributed by atoms with Crippen LogP contribution in [0.25, 0.3) is 0 Å². The Labute approximate surface area is 81.7 Å². The Bertz CT molecular complexity index is 250. The number of hydrogen-bond acceptors (Lipinski definition) is 5. The standard InChI is InChI=1S/C4H6O2.CH4O3S.CH2O2/c5-3-1-2-4-6;1-5(2,3)4;2-1-3/h5-6H,1,3H2;1H3,(H,2,3,4);1H,(H,2,3). The van der Waals surface area contributed by atoms with Gasteiger partial charge in [0.1, 0.15) is 6.11 Å². The number of aliphatic hydroxyl groups excluding tert-OH is 2. The van der Waals surface area contributed by atoms with Gasteiger partial charge in [0.2, 0.25) is 0 Å². The van der Waals surface area contributed by atoms with Crippen molar-refractivity contribution in [3.63, 3.8) is 0 Å². The summed E-state index contributed by atoms with van der Waals surface area (Å²) in [6, 6.07) is 0. The predicted molar refractivity (Wildman–Crippen MR) is 47.6 cm³/mol. The fourth-order valence-electron chi connectivity index (χ4n) is 0.112. The maximum absolute atomic E-state index is 9.19. The van der Waals surface area contributed by atoms with Gasteiger partial charge in [0, 0.05) is 6.42 Å². The third-order valence-corrected chi connectivity index (χ3v) is 0.316. The van der Waals surface area contributed by atoms with E-state index in [-0.39, 0.29) is 13.1 Å². The van der Waals surface area contributed by atoms with Crippen LogP contribution in [-0.4, -0.2) is 47.6 Å². The van der Waals surface area contributed by atoms with Crippen molar-refractivity contribution in [1.82, 2.24) is 0 Å². The second-order valence-electron chi connectivity index (χ2n) is 1.60. The van der Waals surface area contributed by atoms with Crippen LogP contribution in [0.15, 0.2) is 0 Å². The zero-order valence-electron chi connectivity index (χ0n) is 7.41. The SMILES string of the molecule is CS(=O)(=O)O.O=CO.OC#CCCO. The van der Waals surface area contributed by atoms with Crippen molar-refractivity contribution in [2.24, 2.45) is 0 Å². The van der Waals surface area contributed by atoms with Crippen molar-refractivity contribution in [2.45, 2.75) is 6.42 Å². The van der Waals surface area contributed by atoms with E-state index in [9.17, 15) is 8.42 Å². The van der Waals surface area contributed by atoms with E-state index in [2.05, 4.69) is 5.92 Å². The first-order valence-corrected chi connectivity index (χ1v) is 4.91. The minimum atomic E-state index is -3.67. The van der Waals surface area contributed by atoms with Gasteiger partial charge in [-0.15, -0.1) is 0 Å². The molecule has 0 aromatic heterocycles. The molecule has 8 heteroatoms. The van der Waals surface area contributed by atoms with Crippen molar-refractivity contribution in [2.75, 3.05) is 12.9 Å². The summed E-state index contributed by atoms with van der Waals surface area (Å²) in [6.45, 7) is -0.229. The largest absolute Gasteiger partial charge is 0.483 e. The molecule has 0 atom stereocenters. The van der Waals surface area contributed by atoms with Crippen LogP contribution in [-0.2, 0) is 14.9 Å². The Morgan fingerprint density at radius 1 is 1.43 bits per heavy atom. The van der Waals surface area contributed by atoms with Gasteiger partial charge in [0.05, 0.1) is 12.9 Å². The van der Waals surface area contributed by atoms with E-state index >= 15 is 0 Å². The van der Waals surface area contributed by atoms with Gasteiger partial charge in [0.25, 0.3) is 16.6 Å². The minimum absolute atomic E-state index is 0.0214. The average molecular weight is 228 g/mol. The third kappa shape index (κ3) is 348. The highest BCUT2D eigenvalue weighted by Crippen LogP contribution is 1.64. The van der Waals surface area contributed by atoms with Gasteiger partial charge in [-0.3, -0.25) is 9.35 Å². The van der Waals surface area contributed by atoms with Crippen molar-refractivity contribution in [3.8, 4) is 12.0 Å². The molecule has 4 N–H and O–H groups in total. The number of carbonyl (C=O) groups is 1. The molecule has 0 amide bonds. The highest BCUT2D eigenvalue weighted by Gasteiger charge is 1.81. The number of aliphatic hydroxyl groups is 2. The van der Waals surface area contributed by atoms with E-state index in [0.29, 0.717) is 12.7 Å². The molecule has 0 heterocycles. The van der Waals surface area contributed by atoms with Gasteiger partial charge in [-0.1, -0.05) is 5.92 Å². The number of hydrogen-bond donors (Lipinski definition) is 4. The molecule has 7 nitrogen and oxygen atoms in total. The Morgan fingerprint density at radius 3 is 1.79 bits per heavy atom. The maximum atomic E-state index is 9.19. The van der Waals surface area contributed by atoms with Crippen LogP contribution in [0.4, 0.5) is 0 Å². The lowest BCUT2D eigenvalue weighted by molar-refractivity contribution is -0.122. The zero-order valence-corrected chi connectivity index (χ0v) is 8.23. The van der Waals surface area contributed by atoms with E-state index in [1.165, 1.54) is 0 Å². The van der Waals surface area contributed by atoms with Crippen molar-refractivity contribution in [3.05, 3.63) is 0 Å². The smallest absolute Gasteiger partial charge is 0.290 e. The summed E-state index contributed by atoms with van der Waals surface area (Å²) in [5.41, 5.74) is 0. The third-order valence-electron chi connectivity index (χ3n) is 0.316. The van der Waals surface area contributed by atoms with E-state index in [1.807, 2.05) is 0 Å². The summed E-state index contributed by atoms with van der Waals surface area (Å²) in [4.78, 5) is 8.36. The summed E-state index contributed by atoms with van der Waals surface area (Å²) in [5.74, 6) is 2.25. The molecule has 0 unspecified atom stereocenters. The summed E-state index contributed by atoms with van der Waals surface area (Å²) in [7, 11) is -3.67. The first-order valence-electron chi connectivity index (χ1n) is 3.06. The molecule has 0 rings (SSSR count). The molecule has 0 bridgehead atoms. The van der Waals surface area contributed by atoms with Crippen molar-refractivity contribution >= 4 is 16.6 Å². The molecule has 0 spiro atoms. The second kappa shape index (κ2) is 14.2. The van der Waals surface area contributed by atoms with Gasteiger partial charge in [0.15, 0.2) is 0 Å². The van der Waals surface area contributed by atoms with Crippen LogP contribution < -0.4 is 0 Å². The first-order chi connectivity index (χ1) is 6.33. The molecule has 0 aliphatic rings. The zero-order chi connectivity index (χ0) is 12.0. The van der Waals surface area contributed by atoms with Crippen LogP contribution in [0.3, 0.4) is 0 Å². The molecule has 0 aromatic rings. The Hall–Kier alpha value is -1.30. The highest BCUT2D eigenvalue weighted by molar-refractivity contribution is 7.85. The van der Waals surface area contributed by atoms with Crippen LogP contribution in [0.2, 0.25) is 0 Å². The quantitative estimate of drug-likeness (QED) is 0.254. The lowest BCUT2D eigenvalue weighted by Crippen LogP contribution is -1.88. The lowest BCUT2D eigenvalue weighted by Gasteiger charge is -1.71. The fraction of sp³-hybridized carbons (Fsp3) is 0.500. The molecule has 0 aliphatic heterocycles. The maximum Gasteiger partial charge on any atom is 0.290 e. The van der Waals surface area contributed by atoms with Gasteiger partial charge in [-0.05, 0) is 0 Å². The van der Waals surface area contributed by atoms with Crippen LogP contribution in [0.1, 0.15) is 6.42 Å². The summed E-state index contributed by atoms with van der Waals surface area (Å²) in [6.07, 6.45) is 2.73. The monoisotopic (exact) mass is 228 g/mol. The lowest BCUT2D eigenvalue weighted by atomic mass is 10.5. The molecule has 0 fully saturated rings. The van der Waals surface area contributed by atoms with Crippen molar-refractivity contribution in [1.29, 1.82) is 0 Å². The molecular weight excluding hydrogens is 216 g/mol. The van der Waals surface area contributed by atoms with E-state index in [1.54, 1.807) is 6.11 Å². The highest BCUT2D eigenvalue weighted by atomic mass is 32.2. The van der Waals surface area contributed by atoms with Gasteiger partial charge >= 0.3 is 0 Å². The minimum Gasteiger partial charge on any atom is -0.483 e. The Morgan fingerprint density at radius 2 is 1.71 bits per heavy atom. The van der Waals surface area contributed by atoms with Gasteiger partial charge in [-0.2, -0.15) is 8.42 Å². The molecule has 0 aromatic carbocycles. The molecule has 0 saturated carbocycles. The Kier molecular flexibility index (Phi) is 18.8. The van der Waals surface area contributed by atoms with Crippen LogP contribution in [0.5, 0.6) is 0 Å². The van der Waals surface area contributed by atoms with Crippen molar-refractivity contribution < 1.29 is 33.1 Å². The molecule has 0 radical (unpaired) electrons. The molecule has 14 heavy (non-hydrogen) atoms. The topological polar surface area (TPSA) is 132 Å². The first kappa shape index (κ1) is 18.5. The second-order valence-corrected chi connectivity index (χ2v) is 3.07. The van der Waals surface area contributed by atoms with E-state index in [0.717, 1.165) is 0 Å². The molecular formula is C6H12O7S. The average Bonchev–Trinajstić information content (AvgIpc) is 1.99. The summed E-state index contributed by atoms with van der Waals surface area (Å²) < 4.78 is 25.9. The van der Waals surface area contributed by atoms with Crippen LogP contribution in [0, 0.1) is 12.0 Å².